The number of pyridine rings is 1. The number of rotatable bonds is 8. The van der Waals surface area contributed by atoms with Gasteiger partial charge in [0.25, 0.3) is 0 Å². The summed E-state index contributed by atoms with van der Waals surface area (Å²) in [5.41, 5.74) is 2.86. The van der Waals surface area contributed by atoms with Crippen LogP contribution in [-0.2, 0) is 27.2 Å². The zero-order chi connectivity index (χ0) is 26.0. The molecule has 0 aliphatic heterocycles. The SMILES string of the molecule is Cn1ccnc1.Cn1ccnc1-c1cc(NCc2ccccc2)c([N+](=O)[O-])c(NCc2ccccc2)n1. The smallest absolute Gasteiger partial charge is 0.334 e. The second-order valence-electron chi connectivity index (χ2n) is 8.28. The number of hydrogen-bond donors (Lipinski definition) is 2. The van der Waals surface area contributed by atoms with Gasteiger partial charge < -0.3 is 19.8 Å². The molecule has 0 saturated carbocycles. The lowest BCUT2D eigenvalue weighted by molar-refractivity contribution is -0.383. The van der Waals surface area contributed by atoms with Crippen LogP contribution in [0.4, 0.5) is 17.2 Å². The second-order valence-corrected chi connectivity index (χ2v) is 8.28. The van der Waals surface area contributed by atoms with Gasteiger partial charge in [0.15, 0.2) is 5.82 Å². The summed E-state index contributed by atoms with van der Waals surface area (Å²) >= 11 is 0. The lowest BCUT2D eigenvalue weighted by atomic mass is 10.2. The van der Waals surface area contributed by atoms with E-state index < -0.39 is 4.92 Å². The largest absolute Gasteiger partial charge is 0.375 e. The maximum Gasteiger partial charge on any atom is 0.334 e. The molecule has 188 valence electrons. The molecular weight excluding hydrogens is 468 g/mol. The predicted molar refractivity (Wildman–Crippen MR) is 144 cm³/mol. The number of hydrogen-bond acceptors (Lipinski definition) is 7. The van der Waals surface area contributed by atoms with E-state index in [-0.39, 0.29) is 11.5 Å². The number of aromatic nitrogens is 5. The van der Waals surface area contributed by atoms with Crippen LogP contribution in [0.25, 0.3) is 11.5 Å². The minimum atomic E-state index is -0.407. The Bertz CT molecular complexity index is 1350. The molecule has 3 aromatic heterocycles. The Hall–Kier alpha value is -4.99. The number of anilines is 2. The Morgan fingerprint density at radius 3 is 2.03 bits per heavy atom. The van der Waals surface area contributed by atoms with Crippen LogP contribution in [0.3, 0.4) is 0 Å². The van der Waals surface area contributed by atoms with Crippen LogP contribution in [0.5, 0.6) is 0 Å². The van der Waals surface area contributed by atoms with Gasteiger partial charge >= 0.3 is 5.69 Å². The second kappa shape index (κ2) is 12.1. The number of benzene rings is 2. The zero-order valence-corrected chi connectivity index (χ0v) is 20.7. The van der Waals surface area contributed by atoms with E-state index in [1.807, 2.05) is 96.3 Å². The van der Waals surface area contributed by atoms with Gasteiger partial charge in [-0.3, -0.25) is 10.1 Å². The highest BCUT2D eigenvalue weighted by Gasteiger charge is 2.24. The normalized spacial score (nSPS) is 10.3. The number of nitro groups is 1. The lowest BCUT2D eigenvalue weighted by Crippen LogP contribution is -2.10. The summed E-state index contributed by atoms with van der Waals surface area (Å²) in [5.74, 6) is 0.824. The quantitative estimate of drug-likeness (QED) is 0.228. The van der Waals surface area contributed by atoms with Crippen molar-refractivity contribution in [2.75, 3.05) is 10.6 Å². The molecule has 0 spiro atoms. The Morgan fingerprint density at radius 1 is 0.892 bits per heavy atom. The standard InChI is InChI=1S/C23H22N6O2.C4H6N2/c1-28-13-12-24-23(28)20-14-19(25-15-17-8-4-2-5-9-17)21(29(30)31)22(27-20)26-16-18-10-6-3-7-11-18;1-6-3-2-5-4-6/h2-14H,15-16H2,1H3,(H2,25,26,27);2-4H,1H3. The topological polar surface area (TPSA) is 116 Å². The molecule has 0 fully saturated rings. The highest BCUT2D eigenvalue weighted by molar-refractivity contribution is 5.78. The molecule has 10 nitrogen and oxygen atoms in total. The Morgan fingerprint density at radius 2 is 1.54 bits per heavy atom. The molecule has 0 bridgehead atoms. The van der Waals surface area contributed by atoms with Gasteiger partial charge in [-0.25, -0.2) is 15.0 Å². The van der Waals surface area contributed by atoms with Gasteiger partial charge in [-0.05, 0) is 17.2 Å². The van der Waals surface area contributed by atoms with Gasteiger partial charge in [0.1, 0.15) is 11.4 Å². The first-order valence-electron chi connectivity index (χ1n) is 11.7. The van der Waals surface area contributed by atoms with E-state index in [9.17, 15) is 10.1 Å². The van der Waals surface area contributed by atoms with Gasteiger partial charge in [-0.2, -0.15) is 0 Å². The highest BCUT2D eigenvalue weighted by atomic mass is 16.6. The average Bonchev–Trinajstić information content (AvgIpc) is 3.58. The maximum absolute atomic E-state index is 12.0. The zero-order valence-electron chi connectivity index (χ0n) is 20.7. The van der Waals surface area contributed by atoms with Crippen molar-refractivity contribution in [3.63, 3.8) is 0 Å². The van der Waals surface area contributed by atoms with Crippen molar-refractivity contribution in [3.8, 4) is 11.5 Å². The molecule has 10 heteroatoms. The molecule has 5 aromatic rings. The van der Waals surface area contributed by atoms with Gasteiger partial charge in [0.05, 0.1) is 11.3 Å². The van der Waals surface area contributed by atoms with Crippen molar-refractivity contribution in [1.29, 1.82) is 0 Å². The molecule has 0 amide bonds. The van der Waals surface area contributed by atoms with Crippen LogP contribution in [0.1, 0.15) is 11.1 Å². The van der Waals surface area contributed by atoms with Gasteiger partial charge in [-0.1, -0.05) is 60.7 Å². The van der Waals surface area contributed by atoms with Crippen molar-refractivity contribution in [3.05, 3.63) is 119 Å². The summed E-state index contributed by atoms with van der Waals surface area (Å²) in [6.45, 7) is 0.862. The monoisotopic (exact) mass is 496 g/mol. The summed E-state index contributed by atoms with van der Waals surface area (Å²) in [4.78, 5) is 24.3. The van der Waals surface area contributed by atoms with E-state index in [1.54, 1.807) is 24.8 Å². The number of nitrogens with zero attached hydrogens (tertiary/aromatic N) is 6. The summed E-state index contributed by atoms with van der Waals surface area (Å²) in [6.07, 6.45) is 8.87. The Labute approximate surface area is 214 Å². The molecule has 2 aromatic carbocycles. The van der Waals surface area contributed by atoms with E-state index in [2.05, 4.69) is 25.6 Å². The van der Waals surface area contributed by atoms with E-state index >= 15 is 0 Å². The van der Waals surface area contributed by atoms with Gasteiger partial charge in [0, 0.05) is 52.0 Å². The van der Waals surface area contributed by atoms with Crippen molar-refractivity contribution in [2.45, 2.75) is 13.1 Å². The van der Waals surface area contributed by atoms with Crippen LogP contribution >= 0.6 is 0 Å². The molecule has 0 saturated heterocycles. The Balaban J connectivity index is 0.000000469. The fraction of sp³-hybridized carbons (Fsp3) is 0.148. The molecule has 0 atom stereocenters. The molecule has 2 N–H and O–H groups in total. The molecule has 0 unspecified atom stereocenters. The first kappa shape index (κ1) is 25.1. The lowest BCUT2D eigenvalue weighted by Gasteiger charge is -2.14. The minimum absolute atomic E-state index is 0.0928. The Kier molecular flexibility index (Phi) is 8.22. The molecule has 5 rings (SSSR count). The fourth-order valence-corrected chi connectivity index (χ4v) is 3.61. The number of nitrogens with one attached hydrogen (secondary N) is 2. The molecule has 0 aliphatic carbocycles. The van der Waals surface area contributed by atoms with Crippen LogP contribution in [-0.4, -0.2) is 29.0 Å². The molecule has 0 aliphatic rings. The fourth-order valence-electron chi connectivity index (χ4n) is 3.61. The van der Waals surface area contributed by atoms with Gasteiger partial charge in [-0.15, -0.1) is 0 Å². The molecule has 37 heavy (non-hydrogen) atoms. The van der Waals surface area contributed by atoms with Crippen LogP contribution in [0, 0.1) is 10.1 Å². The first-order chi connectivity index (χ1) is 18.0. The third-order valence-corrected chi connectivity index (χ3v) is 5.49. The molecule has 0 radical (unpaired) electrons. The highest BCUT2D eigenvalue weighted by Crippen LogP contribution is 2.35. The number of imidazole rings is 2. The van der Waals surface area contributed by atoms with Crippen molar-refractivity contribution >= 4 is 17.2 Å². The van der Waals surface area contributed by atoms with E-state index in [0.29, 0.717) is 30.3 Å². The number of aryl methyl sites for hydroxylation is 2. The predicted octanol–water partition coefficient (Wildman–Crippen LogP) is 5.03. The van der Waals surface area contributed by atoms with Crippen molar-refractivity contribution < 1.29 is 4.92 Å². The average molecular weight is 497 g/mol. The van der Waals surface area contributed by atoms with Crippen LogP contribution in [0.2, 0.25) is 0 Å². The van der Waals surface area contributed by atoms with E-state index in [4.69, 9.17) is 0 Å². The third-order valence-electron chi connectivity index (χ3n) is 5.49. The van der Waals surface area contributed by atoms with E-state index in [1.165, 1.54) is 0 Å². The van der Waals surface area contributed by atoms with E-state index in [0.717, 1.165) is 11.1 Å². The summed E-state index contributed by atoms with van der Waals surface area (Å²) in [7, 11) is 3.80. The van der Waals surface area contributed by atoms with Crippen LogP contribution < -0.4 is 10.6 Å². The summed E-state index contributed by atoms with van der Waals surface area (Å²) in [5, 5.41) is 18.3. The first-order valence-corrected chi connectivity index (χ1v) is 11.7. The van der Waals surface area contributed by atoms with Gasteiger partial charge in [0.2, 0.25) is 5.82 Å². The molecular formula is C27H28N8O2. The van der Waals surface area contributed by atoms with Crippen molar-refractivity contribution in [1.82, 2.24) is 24.1 Å². The maximum atomic E-state index is 12.0. The summed E-state index contributed by atoms with van der Waals surface area (Å²) < 4.78 is 3.72. The molecule has 3 heterocycles. The minimum Gasteiger partial charge on any atom is -0.375 e. The van der Waals surface area contributed by atoms with Crippen LogP contribution in [0.15, 0.2) is 97.8 Å². The summed E-state index contributed by atoms with van der Waals surface area (Å²) in [6, 6.07) is 21.1. The van der Waals surface area contributed by atoms with Crippen molar-refractivity contribution in [2.24, 2.45) is 14.1 Å². The third kappa shape index (κ3) is 6.79.